The number of nitrogen functional groups attached to an aromatic ring is 1. The van der Waals surface area contributed by atoms with E-state index in [9.17, 15) is 18.0 Å². The third-order valence-corrected chi connectivity index (χ3v) is 2.72. The Balaban J connectivity index is 2.07. The number of nitrogens with two attached hydrogens (primary N) is 1. The highest BCUT2D eigenvalue weighted by molar-refractivity contribution is 5.93. The number of benzene rings is 1. The summed E-state index contributed by atoms with van der Waals surface area (Å²) in [4.78, 5) is 11.8. The van der Waals surface area contributed by atoms with Crippen molar-refractivity contribution in [3.05, 3.63) is 41.7 Å². The lowest BCUT2D eigenvalue weighted by atomic mass is 10.1. The number of hydrogen-bond acceptors (Lipinski definition) is 3. The highest BCUT2D eigenvalue weighted by Crippen LogP contribution is 2.32. The zero-order valence-corrected chi connectivity index (χ0v) is 11.1. The van der Waals surface area contributed by atoms with Crippen LogP contribution in [0.1, 0.15) is 11.1 Å². The smallest absolute Gasteiger partial charge is 0.397 e. The van der Waals surface area contributed by atoms with Gasteiger partial charge in [-0.25, -0.2) is 0 Å². The van der Waals surface area contributed by atoms with Crippen LogP contribution in [0.25, 0.3) is 0 Å². The standard InChI is InChI=1S/C13H13F3N4O/c1-8-5-18-20(6-8)7-12(21)19-11-3-2-9(4-10(11)17)13(14,15)16/h2-6H,7,17H2,1H3,(H,19,21). The fraction of sp³-hybridized carbons (Fsp3) is 0.231. The zero-order chi connectivity index (χ0) is 15.6. The van der Waals surface area contributed by atoms with Crippen molar-refractivity contribution < 1.29 is 18.0 Å². The van der Waals surface area contributed by atoms with Crippen LogP contribution in [0, 0.1) is 6.92 Å². The first-order chi connectivity index (χ1) is 9.75. The molecule has 0 aliphatic carbocycles. The molecule has 1 aromatic carbocycles. The first-order valence-corrected chi connectivity index (χ1v) is 6.01. The van der Waals surface area contributed by atoms with Crippen LogP contribution in [-0.4, -0.2) is 15.7 Å². The molecule has 8 heteroatoms. The summed E-state index contributed by atoms with van der Waals surface area (Å²) < 4.78 is 38.9. The number of aromatic nitrogens is 2. The summed E-state index contributed by atoms with van der Waals surface area (Å²) in [5, 5.41) is 6.40. The highest BCUT2D eigenvalue weighted by Gasteiger charge is 2.30. The van der Waals surface area contributed by atoms with Crippen LogP contribution in [0.3, 0.4) is 0 Å². The molecule has 0 aliphatic heterocycles. The van der Waals surface area contributed by atoms with Crippen molar-refractivity contribution in [2.45, 2.75) is 19.6 Å². The van der Waals surface area contributed by atoms with Crippen molar-refractivity contribution in [3.8, 4) is 0 Å². The van der Waals surface area contributed by atoms with E-state index in [1.54, 1.807) is 12.4 Å². The van der Waals surface area contributed by atoms with Crippen molar-refractivity contribution in [1.29, 1.82) is 0 Å². The number of aryl methyl sites for hydroxylation is 1. The van der Waals surface area contributed by atoms with E-state index in [1.165, 1.54) is 4.68 Å². The van der Waals surface area contributed by atoms with Gasteiger partial charge in [0.05, 0.1) is 23.1 Å². The summed E-state index contributed by atoms with van der Waals surface area (Å²) in [5.74, 6) is -0.426. The molecule has 3 N–H and O–H groups in total. The zero-order valence-electron chi connectivity index (χ0n) is 11.1. The Labute approximate surface area is 118 Å². The molecule has 0 saturated carbocycles. The third-order valence-electron chi connectivity index (χ3n) is 2.72. The van der Waals surface area contributed by atoms with Crippen molar-refractivity contribution in [2.24, 2.45) is 0 Å². The summed E-state index contributed by atoms with van der Waals surface area (Å²) in [7, 11) is 0. The van der Waals surface area contributed by atoms with Gasteiger partial charge in [0.15, 0.2) is 0 Å². The molecule has 1 aromatic heterocycles. The van der Waals surface area contributed by atoms with Gasteiger partial charge in [-0.05, 0) is 30.7 Å². The Kier molecular flexibility index (Phi) is 3.88. The van der Waals surface area contributed by atoms with E-state index in [0.29, 0.717) is 0 Å². The molecule has 21 heavy (non-hydrogen) atoms. The average Bonchev–Trinajstić information content (AvgIpc) is 2.76. The number of nitrogens with zero attached hydrogens (tertiary/aromatic N) is 2. The van der Waals surface area contributed by atoms with Crippen LogP contribution in [0.15, 0.2) is 30.6 Å². The number of amides is 1. The first-order valence-electron chi connectivity index (χ1n) is 6.01. The molecule has 0 atom stereocenters. The van der Waals surface area contributed by atoms with Crippen molar-refractivity contribution in [3.63, 3.8) is 0 Å². The maximum Gasteiger partial charge on any atom is 0.416 e. The minimum Gasteiger partial charge on any atom is -0.397 e. The third kappa shape index (κ3) is 3.74. The maximum absolute atomic E-state index is 12.5. The van der Waals surface area contributed by atoms with Gasteiger partial charge in [0.1, 0.15) is 6.54 Å². The molecular formula is C13H13F3N4O. The Morgan fingerprint density at radius 1 is 1.43 bits per heavy atom. The molecule has 2 rings (SSSR count). The molecule has 1 heterocycles. The van der Waals surface area contributed by atoms with Crippen molar-refractivity contribution >= 4 is 17.3 Å². The number of nitrogens with one attached hydrogen (secondary N) is 1. The van der Waals surface area contributed by atoms with Gasteiger partial charge >= 0.3 is 6.18 Å². The van der Waals surface area contributed by atoms with E-state index in [2.05, 4.69) is 10.4 Å². The lowest BCUT2D eigenvalue weighted by Crippen LogP contribution is -2.20. The number of hydrogen-bond donors (Lipinski definition) is 2. The van der Waals surface area contributed by atoms with Crippen LogP contribution in [0.4, 0.5) is 24.5 Å². The Morgan fingerprint density at radius 2 is 2.14 bits per heavy atom. The molecule has 0 spiro atoms. The molecule has 2 aromatic rings. The van der Waals surface area contributed by atoms with E-state index in [0.717, 1.165) is 23.8 Å². The van der Waals surface area contributed by atoms with Crippen LogP contribution >= 0.6 is 0 Å². The van der Waals surface area contributed by atoms with Gasteiger partial charge in [0.25, 0.3) is 0 Å². The van der Waals surface area contributed by atoms with Gasteiger partial charge in [-0.2, -0.15) is 18.3 Å². The largest absolute Gasteiger partial charge is 0.416 e. The summed E-state index contributed by atoms with van der Waals surface area (Å²) in [6, 6.07) is 2.78. The lowest BCUT2D eigenvalue weighted by Gasteiger charge is -2.11. The fourth-order valence-corrected chi connectivity index (χ4v) is 1.74. The molecule has 0 aliphatic rings. The monoisotopic (exact) mass is 298 g/mol. The van der Waals surface area contributed by atoms with Gasteiger partial charge in [-0.1, -0.05) is 0 Å². The second kappa shape index (κ2) is 5.47. The number of alkyl halides is 3. The molecule has 0 fully saturated rings. The summed E-state index contributed by atoms with van der Waals surface area (Å²) in [6.07, 6.45) is -1.20. The number of carbonyl (C=O) groups is 1. The average molecular weight is 298 g/mol. The molecule has 0 bridgehead atoms. The number of rotatable bonds is 3. The number of anilines is 2. The minimum absolute atomic E-state index is 0.0473. The van der Waals surface area contributed by atoms with E-state index < -0.39 is 17.6 Å². The molecule has 5 nitrogen and oxygen atoms in total. The highest BCUT2D eigenvalue weighted by atomic mass is 19.4. The summed E-state index contributed by atoms with van der Waals surface area (Å²) in [5.41, 5.74) is 5.56. The van der Waals surface area contributed by atoms with E-state index in [4.69, 9.17) is 5.73 Å². The van der Waals surface area contributed by atoms with Gasteiger partial charge in [-0.15, -0.1) is 0 Å². The summed E-state index contributed by atoms with van der Waals surface area (Å²) >= 11 is 0. The quantitative estimate of drug-likeness (QED) is 0.855. The molecule has 1 amide bonds. The topological polar surface area (TPSA) is 72.9 Å². The SMILES string of the molecule is Cc1cnn(CC(=O)Nc2ccc(C(F)(F)F)cc2N)c1. The predicted molar refractivity (Wildman–Crippen MR) is 71.5 cm³/mol. The van der Waals surface area contributed by atoms with Gasteiger partial charge in [-0.3, -0.25) is 9.48 Å². The van der Waals surface area contributed by atoms with Crippen LogP contribution in [0.2, 0.25) is 0 Å². The predicted octanol–water partition coefficient (Wildman–Crippen LogP) is 2.43. The minimum atomic E-state index is -4.47. The van der Waals surface area contributed by atoms with E-state index in [-0.39, 0.29) is 17.9 Å². The summed E-state index contributed by atoms with van der Waals surface area (Å²) in [6.45, 7) is 1.78. The molecular weight excluding hydrogens is 285 g/mol. The van der Waals surface area contributed by atoms with Crippen molar-refractivity contribution in [1.82, 2.24) is 9.78 Å². The van der Waals surface area contributed by atoms with Crippen LogP contribution in [-0.2, 0) is 17.5 Å². The van der Waals surface area contributed by atoms with Gasteiger partial charge in [0, 0.05) is 6.20 Å². The number of halogens is 3. The van der Waals surface area contributed by atoms with Crippen molar-refractivity contribution in [2.75, 3.05) is 11.1 Å². The van der Waals surface area contributed by atoms with Gasteiger partial charge in [0.2, 0.25) is 5.91 Å². The Morgan fingerprint density at radius 3 is 2.67 bits per heavy atom. The van der Waals surface area contributed by atoms with E-state index in [1.807, 2.05) is 6.92 Å². The van der Waals surface area contributed by atoms with Crippen LogP contribution < -0.4 is 11.1 Å². The molecule has 112 valence electrons. The number of carbonyl (C=O) groups excluding carboxylic acids is 1. The van der Waals surface area contributed by atoms with E-state index >= 15 is 0 Å². The maximum atomic E-state index is 12.5. The Hall–Kier alpha value is -2.51. The second-order valence-electron chi connectivity index (χ2n) is 4.56. The van der Waals surface area contributed by atoms with Crippen LogP contribution in [0.5, 0.6) is 0 Å². The molecule has 0 saturated heterocycles. The normalized spacial score (nSPS) is 11.4. The van der Waals surface area contributed by atoms with Gasteiger partial charge < -0.3 is 11.1 Å². The first kappa shape index (κ1) is 14.9. The molecule has 0 unspecified atom stereocenters. The second-order valence-corrected chi connectivity index (χ2v) is 4.56. The Bertz CT molecular complexity index is 664. The fourth-order valence-electron chi connectivity index (χ4n) is 1.74. The lowest BCUT2D eigenvalue weighted by molar-refractivity contribution is -0.137. The molecule has 0 radical (unpaired) electrons.